The van der Waals surface area contributed by atoms with Gasteiger partial charge in [0.05, 0.1) is 5.56 Å². The van der Waals surface area contributed by atoms with Crippen molar-refractivity contribution in [2.75, 3.05) is 12.8 Å². The third kappa shape index (κ3) is 1.81. The predicted molar refractivity (Wildman–Crippen MR) is 73.8 cm³/mol. The molecule has 0 aliphatic carbocycles. The lowest BCUT2D eigenvalue weighted by Crippen LogP contribution is -2.24. The molecule has 4 nitrogen and oxygen atoms in total. The van der Waals surface area contributed by atoms with E-state index in [2.05, 4.69) is 0 Å². The van der Waals surface area contributed by atoms with Crippen molar-refractivity contribution >= 4 is 11.6 Å². The van der Waals surface area contributed by atoms with E-state index in [0.717, 1.165) is 16.7 Å². The van der Waals surface area contributed by atoms with Crippen LogP contribution in [0.25, 0.3) is 11.1 Å². The minimum Gasteiger partial charge on any atom is -0.508 e. The molecule has 4 heteroatoms. The van der Waals surface area contributed by atoms with Crippen molar-refractivity contribution in [2.24, 2.45) is 0 Å². The fraction of sp³-hybridized carbons (Fsp3) is 0.133. The molecule has 1 amide bonds. The Morgan fingerprint density at radius 3 is 2.63 bits per heavy atom. The number of hydrogen-bond acceptors (Lipinski definition) is 3. The molecule has 19 heavy (non-hydrogen) atoms. The van der Waals surface area contributed by atoms with E-state index in [-0.39, 0.29) is 11.7 Å². The summed E-state index contributed by atoms with van der Waals surface area (Å²) in [5, 5.41) is 9.59. The number of fused-ring (bicyclic) bond motifs is 3. The monoisotopic (exact) mass is 254 g/mol. The van der Waals surface area contributed by atoms with E-state index in [1.807, 2.05) is 18.2 Å². The van der Waals surface area contributed by atoms with Gasteiger partial charge in [-0.3, -0.25) is 4.79 Å². The number of amides is 1. The number of benzene rings is 2. The molecule has 0 atom stereocenters. The van der Waals surface area contributed by atoms with Crippen molar-refractivity contribution in [2.45, 2.75) is 6.54 Å². The topological polar surface area (TPSA) is 66.6 Å². The first-order valence-electron chi connectivity index (χ1n) is 6.03. The van der Waals surface area contributed by atoms with Gasteiger partial charge < -0.3 is 15.7 Å². The Morgan fingerprint density at radius 1 is 1.11 bits per heavy atom. The van der Waals surface area contributed by atoms with Crippen LogP contribution in [0.3, 0.4) is 0 Å². The molecular formula is C15H14N2O2. The van der Waals surface area contributed by atoms with Crippen molar-refractivity contribution in [3.8, 4) is 16.9 Å². The molecule has 0 radical (unpaired) electrons. The number of nitrogens with zero attached hydrogens (tertiary/aromatic N) is 1. The summed E-state index contributed by atoms with van der Waals surface area (Å²) < 4.78 is 0. The molecule has 1 aliphatic rings. The van der Waals surface area contributed by atoms with Crippen LogP contribution in [0.2, 0.25) is 0 Å². The van der Waals surface area contributed by atoms with E-state index in [1.54, 1.807) is 24.1 Å². The summed E-state index contributed by atoms with van der Waals surface area (Å²) in [6.07, 6.45) is 0. The second-order valence-electron chi connectivity index (χ2n) is 4.81. The second kappa shape index (κ2) is 4.02. The number of rotatable bonds is 0. The number of phenols is 1. The minimum absolute atomic E-state index is 0.0966. The highest BCUT2D eigenvalue weighted by Gasteiger charge is 2.23. The van der Waals surface area contributed by atoms with Crippen LogP contribution in [-0.2, 0) is 6.54 Å². The molecule has 2 aromatic carbocycles. The first kappa shape index (κ1) is 11.6. The summed E-state index contributed by atoms with van der Waals surface area (Å²) in [5.74, 6) is 0.0000615. The van der Waals surface area contributed by atoms with Crippen LogP contribution in [0.5, 0.6) is 5.75 Å². The largest absolute Gasteiger partial charge is 0.508 e. The molecular weight excluding hydrogens is 240 g/mol. The molecule has 3 rings (SSSR count). The van der Waals surface area contributed by atoms with E-state index >= 15 is 0 Å². The van der Waals surface area contributed by atoms with Crippen molar-refractivity contribution < 1.29 is 9.90 Å². The van der Waals surface area contributed by atoms with Gasteiger partial charge in [0.2, 0.25) is 0 Å². The molecule has 1 aliphatic heterocycles. The third-order valence-corrected chi connectivity index (χ3v) is 3.41. The Morgan fingerprint density at radius 2 is 1.84 bits per heavy atom. The number of carbonyl (C=O) groups excluding carboxylic acids is 1. The Labute approximate surface area is 111 Å². The number of aromatic hydroxyl groups is 1. The van der Waals surface area contributed by atoms with Gasteiger partial charge in [0.1, 0.15) is 5.75 Å². The molecule has 3 N–H and O–H groups in total. The molecule has 0 unspecified atom stereocenters. The van der Waals surface area contributed by atoms with Gasteiger partial charge >= 0.3 is 0 Å². The number of nitrogens with two attached hydrogens (primary N) is 1. The van der Waals surface area contributed by atoms with Crippen molar-refractivity contribution in [3.63, 3.8) is 0 Å². The lowest BCUT2D eigenvalue weighted by molar-refractivity contribution is 0.0788. The van der Waals surface area contributed by atoms with Crippen LogP contribution in [0.1, 0.15) is 15.9 Å². The Balaban J connectivity index is 2.32. The molecule has 2 aromatic rings. The van der Waals surface area contributed by atoms with Crippen molar-refractivity contribution in [1.82, 2.24) is 4.90 Å². The van der Waals surface area contributed by atoms with Crippen molar-refractivity contribution in [3.05, 3.63) is 47.5 Å². The van der Waals surface area contributed by atoms with E-state index in [1.165, 1.54) is 6.07 Å². The average molecular weight is 254 g/mol. The molecule has 96 valence electrons. The highest BCUT2D eigenvalue weighted by molar-refractivity contribution is 6.02. The molecule has 1 heterocycles. The van der Waals surface area contributed by atoms with E-state index in [0.29, 0.717) is 17.8 Å². The maximum Gasteiger partial charge on any atom is 0.254 e. The Bertz CT molecular complexity index is 680. The lowest BCUT2D eigenvalue weighted by atomic mass is 9.96. The quantitative estimate of drug-likeness (QED) is 0.708. The number of hydrogen-bond donors (Lipinski definition) is 2. The maximum absolute atomic E-state index is 12.3. The van der Waals surface area contributed by atoms with Crippen LogP contribution < -0.4 is 5.73 Å². The number of carbonyl (C=O) groups is 1. The van der Waals surface area contributed by atoms with Crippen LogP contribution in [-0.4, -0.2) is 23.0 Å². The first-order valence-corrected chi connectivity index (χ1v) is 6.03. The molecule has 0 saturated carbocycles. The number of nitrogen functional groups attached to an aromatic ring is 1. The van der Waals surface area contributed by atoms with Crippen LogP contribution in [0.15, 0.2) is 36.4 Å². The normalized spacial score (nSPS) is 13.7. The summed E-state index contributed by atoms with van der Waals surface area (Å²) in [5.41, 5.74) is 9.85. The van der Waals surface area contributed by atoms with Crippen molar-refractivity contribution in [1.29, 1.82) is 0 Å². The lowest BCUT2D eigenvalue weighted by Gasteiger charge is -2.15. The SMILES string of the molecule is CN1Cc2cc(N)ccc2-c2ccc(O)cc2C1=O. The highest BCUT2D eigenvalue weighted by Crippen LogP contribution is 2.34. The van der Waals surface area contributed by atoms with Gasteiger partial charge in [-0.25, -0.2) is 0 Å². The van der Waals surface area contributed by atoms with Crippen LogP contribution >= 0.6 is 0 Å². The zero-order valence-corrected chi connectivity index (χ0v) is 10.6. The van der Waals surface area contributed by atoms with Gasteiger partial charge in [-0.1, -0.05) is 6.07 Å². The fourth-order valence-corrected chi connectivity index (χ4v) is 2.48. The summed E-state index contributed by atoms with van der Waals surface area (Å²) in [7, 11) is 1.74. The maximum atomic E-state index is 12.3. The summed E-state index contributed by atoms with van der Waals surface area (Å²) in [6.45, 7) is 0.509. The zero-order valence-electron chi connectivity index (χ0n) is 10.6. The van der Waals surface area contributed by atoms with Gasteiger partial charge in [0, 0.05) is 19.3 Å². The first-order chi connectivity index (χ1) is 9.06. The van der Waals surface area contributed by atoms with Gasteiger partial charge in [-0.15, -0.1) is 0 Å². The average Bonchev–Trinajstić information content (AvgIpc) is 2.47. The zero-order chi connectivity index (χ0) is 13.6. The summed E-state index contributed by atoms with van der Waals surface area (Å²) in [6, 6.07) is 10.5. The molecule has 0 bridgehead atoms. The van der Waals surface area contributed by atoms with Crippen LogP contribution in [0.4, 0.5) is 5.69 Å². The standard InChI is InChI=1S/C15H14N2O2/c1-17-8-9-6-10(16)2-4-12(9)13-5-3-11(18)7-14(13)15(17)19/h2-7,18H,8,16H2,1H3. The van der Waals surface area contributed by atoms with Gasteiger partial charge in [-0.2, -0.15) is 0 Å². The van der Waals surface area contributed by atoms with Gasteiger partial charge in [-0.05, 0) is 47.0 Å². The third-order valence-electron chi connectivity index (χ3n) is 3.41. The number of phenolic OH excluding ortho intramolecular Hbond substituents is 1. The smallest absolute Gasteiger partial charge is 0.254 e. The van der Waals surface area contributed by atoms with E-state index in [9.17, 15) is 9.90 Å². The minimum atomic E-state index is -0.0966. The highest BCUT2D eigenvalue weighted by atomic mass is 16.3. The van der Waals surface area contributed by atoms with Gasteiger partial charge in [0.25, 0.3) is 5.91 Å². The molecule has 0 fully saturated rings. The summed E-state index contributed by atoms with van der Waals surface area (Å²) >= 11 is 0. The number of anilines is 1. The molecule has 0 aromatic heterocycles. The van der Waals surface area contributed by atoms with Gasteiger partial charge in [0.15, 0.2) is 0 Å². The second-order valence-corrected chi connectivity index (χ2v) is 4.81. The molecule has 0 spiro atoms. The molecule has 0 saturated heterocycles. The predicted octanol–water partition coefficient (Wildman–Crippen LogP) is 2.23. The van der Waals surface area contributed by atoms with Crippen LogP contribution in [0, 0.1) is 0 Å². The Hall–Kier alpha value is -2.49. The van der Waals surface area contributed by atoms with E-state index in [4.69, 9.17) is 5.73 Å². The van der Waals surface area contributed by atoms with E-state index < -0.39 is 0 Å². The summed E-state index contributed by atoms with van der Waals surface area (Å²) in [4.78, 5) is 14.0. The fourth-order valence-electron chi connectivity index (χ4n) is 2.48. The Kier molecular flexibility index (Phi) is 2.45.